The van der Waals surface area contributed by atoms with E-state index in [1.165, 1.54) is 5.56 Å². The number of nitrogens with one attached hydrogen (secondary N) is 2. The molecule has 0 radical (unpaired) electrons. The number of ether oxygens (including phenoxy) is 1. The lowest BCUT2D eigenvalue weighted by molar-refractivity contribution is -0.124. The van der Waals surface area contributed by atoms with E-state index in [1.807, 2.05) is 52.1 Å². The summed E-state index contributed by atoms with van der Waals surface area (Å²) in [6, 6.07) is 7.90. The zero-order chi connectivity index (χ0) is 14.3. The first-order chi connectivity index (χ1) is 9.02. The molecule has 2 atom stereocenters. The number of amides is 1. The van der Waals surface area contributed by atoms with Crippen molar-refractivity contribution in [1.82, 2.24) is 10.6 Å². The largest absolute Gasteiger partial charge is 0.489 e. The first kappa shape index (κ1) is 15.5. The number of carbonyl (C=O) groups is 1. The predicted molar refractivity (Wildman–Crippen MR) is 77.4 cm³/mol. The fourth-order valence-corrected chi connectivity index (χ4v) is 1.71. The van der Waals surface area contributed by atoms with Crippen LogP contribution < -0.4 is 15.4 Å². The van der Waals surface area contributed by atoms with Crippen molar-refractivity contribution in [2.24, 2.45) is 5.92 Å². The first-order valence-corrected chi connectivity index (χ1v) is 6.68. The highest BCUT2D eigenvalue weighted by atomic mass is 16.5. The van der Waals surface area contributed by atoms with E-state index in [4.69, 9.17) is 4.74 Å². The number of hydrogen-bond donors (Lipinski definition) is 2. The van der Waals surface area contributed by atoms with Gasteiger partial charge < -0.3 is 15.4 Å². The van der Waals surface area contributed by atoms with Gasteiger partial charge in [-0.2, -0.15) is 0 Å². The van der Waals surface area contributed by atoms with Gasteiger partial charge in [0.2, 0.25) is 5.91 Å². The standard InChI is InChI=1S/C15H24N2O2/c1-11-5-7-14(8-6-11)19-13(3)10-17-15(18)12(2)9-16-4/h5-8,12-13,16H,9-10H2,1-4H3,(H,17,18). The first-order valence-electron chi connectivity index (χ1n) is 6.68. The van der Waals surface area contributed by atoms with Crippen molar-refractivity contribution in [3.8, 4) is 5.75 Å². The summed E-state index contributed by atoms with van der Waals surface area (Å²) in [7, 11) is 1.84. The van der Waals surface area contributed by atoms with Crippen molar-refractivity contribution >= 4 is 5.91 Å². The molecular weight excluding hydrogens is 240 g/mol. The van der Waals surface area contributed by atoms with Crippen LogP contribution in [0.5, 0.6) is 5.75 Å². The van der Waals surface area contributed by atoms with E-state index in [1.54, 1.807) is 0 Å². The van der Waals surface area contributed by atoms with Crippen LogP contribution in [-0.4, -0.2) is 32.1 Å². The number of hydrogen-bond acceptors (Lipinski definition) is 3. The second kappa shape index (κ2) is 7.79. The highest BCUT2D eigenvalue weighted by molar-refractivity contribution is 5.78. The molecule has 1 aromatic rings. The molecule has 4 heteroatoms. The molecule has 4 nitrogen and oxygen atoms in total. The van der Waals surface area contributed by atoms with Gasteiger partial charge in [-0.3, -0.25) is 4.79 Å². The quantitative estimate of drug-likeness (QED) is 0.788. The van der Waals surface area contributed by atoms with E-state index < -0.39 is 0 Å². The second-order valence-electron chi connectivity index (χ2n) is 4.95. The third-order valence-electron chi connectivity index (χ3n) is 2.88. The predicted octanol–water partition coefficient (Wildman–Crippen LogP) is 1.73. The second-order valence-corrected chi connectivity index (χ2v) is 4.95. The Labute approximate surface area is 115 Å². The molecule has 0 aromatic heterocycles. The fourth-order valence-electron chi connectivity index (χ4n) is 1.71. The Morgan fingerprint density at radius 3 is 2.42 bits per heavy atom. The minimum Gasteiger partial charge on any atom is -0.489 e. The molecular formula is C15H24N2O2. The van der Waals surface area contributed by atoms with Gasteiger partial charge in [0, 0.05) is 12.5 Å². The maximum atomic E-state index is 11.7. The van der Waals surface area contributed by atoms with E-state index in [-0.39, 0.29) is 17.9 Å². The molecule has 1 aromatic carbocycles. The normalized spacial score (nSPS) is 13.7. The minimum atomic E-state index is -0.0477. The molecule has 1 amide bonds. The van der Waals surface area contributed by atoms with Crippen LogP contribution >= 0.6 is 0 Å². The van der Waals surface area contributed by atoms with Gasteiger partial charge in [0.05, 0.1) is 6.54 Å². The highest BCUT2D eigenvalue weighted by Crippen LogP contribution is 2.12. The Balaban J connectivity index is 2.33. The summed E-state index contributed by atoms with van der Waals surface area (Å²) in [5, 5.41) is 5.88. The molecule has 0 fully saturated rings. The van der Waals surface area contributed by atoms with Crippen LogP contribution in [0.3, 0.4) is 0 Å². The summed E-state index contributed by atoms with van der Waals surface area (Å²) in [4.78, 5) is 11.7. The summed E-state index contributed by atoms with van der Waals surface area (Å²) < 4.78 is 5.73. The van der Waals surface area contributed by atoms with E-state index in [0.717, 1.165) is 5.75 Å². The Morgan fingerprint density at radius 2 is 1.84 bits per heavy atom. The molecule has 0 spiro atoms. The number of benzene rings is 1. The topological polar surface area (TPSA) is 50.4 Å². The monoisotopic (exact) mass is 264 g/mol. The summed E-state index contributed by atoms with van der Waals surface area (Å²) >= 11 is 0. The van der Waals surface area contributed by atoms with Crippen LogP contribution in [0.25, 0.3) is 0 Å². The Kier molecular flexibility index (Phi) is 6.36. The van der Waals surface area contributed by atoms with Crippen LogP contribution in [-0.2, 0) is 4.79 Å². The SMILES string of the molecule is CNCC(C)C(=O)NCC(C)Oc1ccc(C)cc1. The van der Waals surface area contributed by atoms with Crippen LogP contribution in [0.4, 0.5) is 0 Å². The molecule has 0 aliphatic carbocycles. The molecule has 0 saturated carbocycles. The zero-order valence-electron chi connectivity index (χ0n) is 12.2. The summed E-state index contributed by atoms with van der Waals surface area (Å²) in [5.41, 5.74) is 1.20. The van der Waals surface area contributed by atoms with Crippen molar-refractivity contribution in [1.29, 1.82) is 0 Å². The maximum absolute atomic E-state index is 11.7. The Morgan fingerprint density at radius 1 is 1.21 bits per heavy atom. The molecule has 1 rings (SSSR count). The summed E-state index contributed by atoms with van der Waals surface area (Å²) in [6.07, 6.45) is -0.0477. The fraction of sp³-hybridized carbons (Fsp3) is 0.533. The average molecular weight is 264 g/mol. The van der Waals surface area contributed by atoms with Gasteiger partial charge in [-0.25, -0.2) is 0 Å². The molecule has 2 N–H and O–H groups in total. The van der Waals surface area contributed by atoms with E-state index >= 15 is 0 Å². The summed E-state index contributed by atoms with van der Waals surface area (Å²) in [6.45, 7) is 7.08. The molecule has 0 heterocycles. The number of rotatable bonds is 7. The van der Waals surface area contributed by atoms with Crippen LogP contribution in [0, 0.1) is 12.8 Å². The molecule has 106 valence electrons. The molecule has 0 aliphatic heterocycles. The smallest absolute Gasteiger partial charge is 0.224 e. The summed E-state index contributed by atoms with van der Waals surface area (Å²) in [5.74, 6) is 0.848. The van der Waals surface area contributed by atoms with Gasteiger partial charge in [0.1, 0.15) is 11.9 Å². The Bertz CT molecular complexity index is 390. The lowest BCUT2D eigenvalue weighted by Gasteiger charge is -2.17. The third-order valence-corrected chi connectivity index (χ3v) is 2.88. The lowest BCUT2D eigenvalue weighted by Crippen LogP contribution is -2.39. The van der Waals surface area contributed by atoms with Gasteiger partial charge in [0.25, 0.3) is 0 Å². The van der Waals surface area contributed by atoms with Crippen LogP contribution in [0.15, 0.2) is 24.3 Å². The molecule has 2 unspecified atom stereocenters. The van der Waals surface area contributed by atoms with Gasteiger partial charge in [-0.05, 0) is 33.0 Å². The molecule has 19 heavy (non-hydrogen) atoms. The van der Waals surface area contributed by atoms with E-state index in [2.05, 4.69) is 10.6 Å². The van der Waals surface area contributed by atoms with Crippen molar-refractivity contribution in [3.63, 3.8) is 0 Å². The Hall–Kier alpha value is -1.55. The van der Waals surface area contributed by atoms with Crippen molar-refractivity contribution in [2.45, 2.75) is 26.9 Å². The molecule has 0 bridgehead atoms. The van der Waals surface area contributed by atoms with E-state index in [9.17, 15) is 4.79 Å². The molecule has 0 saturated heterocycles. The van der Waals surface area contributed by atoms with Crippen molar-refractivity contribution < 1.29 is 9.53 Å². The van der Waals surface area contributed by atoms with Crippen LogP contribution in [0.2, 0.25) is 0 Å². The average Bonchev–Trinajstić information content (AvgIpc) is 2.39. The van der Waals surface area contributed by atoms with Gasteiger partial charge in [-0.1, -0.05) is 24.6 Å². The minimum absolute atomic E-state index is 0.0309. The maximum Gasteiger partial charge on any atom is 0.224 e. The lowest BCUT2D eigenvalue weighted by atomic mass is 10.1. The van der Waals surface area contributed by atoms with Crippen molar-refractivity contribution in [3.05, 3.63) is 29.8 Å². The van der Waals surface area contributed by atoms with Crippen molar-refractivity contribution in [2.75, 3.05) is 20.1 Å². The number of aryl methyl sites for hydroxylation is 1. The highest BCUT2D eigenvalue weighted by Gasteiger charge is 2.13. The van der Waals surface area contributed by atoms with Gasteiger partial charge in [-0.15, -0.1) is 0 Å². The third kappa shape index (κ3) is 5.75. The molecule has 0 aliphatic rings. The van der Waals surface area contributed by atoms with Crippen LogP contribution in [0.1, 0.15) is 19.4 Å². The number of carbonyl (C=O) groups excluding carboxylic acids is 1. The van der Waals surface area contributed by atoms with Gasteiger partial charge >= 0.3 is 0 Å². The van der Waals surface area contributed by atoms with Gasteiger partial charge in [0.15, 0.2) is 0 Å². The van der Waals surface area contributed by atoms with E-state index in [0.29, 0.717) is 13.1 Å². The zero-order valence-corrected chi connectivity index (χ0v) is 12.2.